The van der Waals surface area contributed by atoms with E-state index >= 15 is 0 Å². The predicted molar refractivity (Wildman–Crippen MR) is 72.9 cm³/mol. The first-order valence-electron chi connectivity index (χ1n) is 6.39. The van der Waals surface area contributed by atoms with E-state index < -0.39 is 17.7 Å². The van der Waals surface area contributed by atoms with Crippen molar-refractivity contribution >= 4 is 23.7 Å². The topological polar surface area (TPSA) is 74.7 Å². The van der Waals surface area contributed by atoms with Crippen LogP contribution in [0.15, 0.2) is 35.9 Å². The zero-order valence-electron chi connectivity index (χ0n) is 10.9. The van der Waals surface area contributed by atoms with Gasteiger partial charge in [-0.25, -0.2) is 0 Å². The third-order valence-corrected chi connectivity index (χ3v) is 3.09. The smallest absolute Gasteiger partial charge is 0.303 e. The van der Waals surface area contributed by atoms with Gasteiger partial charge in [-0.2, -0.15) is 0 Å². The Morgan fingerprint density at radius 2 is 1.95 bits per heavy atom. The van der Waals surface area contributed by atoms with Crippen LogP contribution in [-0.2, 0) is 14.4 Å². The molecule has 5 nitrogen and oxygen atoms in total. The highest BCUT2D eigenvalue weighted by molar-refractivity contribution is 6.45. The van der Waals surface area contributed by atoms with Gasteiger partial charge < -0.3 is 10.0 Å². The molecule has 1 aliphatic heterocycles. The number of rotatable bonds is 5. The number of hydrogen-bond acceptors (Lipinski definition) is 3. The summed E-state index contributed by atoms with van der Waals surface area (Å²) in [6.45, 7) is 0.551. The molecule has 1 N–H and O–H groups in total. The summed E-state index contributed by atoms with van der Waals surface area (Å²) in [6.07, 6.45) is 2.06. The highest BCUT2D eigenvalue weighted by Crippen LogP contribution is 2.17. The highest BCUT2D eigenvalue weighted by Gasteiger charge is 2.33. The number of likely N-dealkylation sites (tertiary alicyclic amines) is 1. The standard InChI is InChI=1S/C15H15NO4/c17-13(18)7-4-8-16-10-12(14(19)15(16)20)9-11-5-2-1-3-6-11/h1-3,5-6,9H,4,7-8,10H2,(H,17,18). The molecular formula is C15H15NO4. The SMILES string of the molecule is O=C(O)CCCN1CC(=Cc2ccccc2)C(=O)C1=O. The molecule has 0 unspecified atom stereocenters. The molecule has 1 saturated heterocycles. The first-order chi connectivity index (χ1) is 9.58. The lowest BCUT2D eigenvalue weighted by Crippen LogP contribution is -2.28. The molecule has 1 aromatic carbocycles. The molecular weight excluding hydrogens is 258 g/mol. The van der Waals surface area contributed by atoms with Gasteiger partial charge in [0.1, 0.15) is 0 Å². The summed E-state index contributed by atoms with van der Waals surface area (Å²) >= 11 is 0. The number of ketones is 1. The molecule has 1 amide bonds. The fourth-order valence-electron chi connectivity index (χ4n) is 2.09. The second-order valence-corrected chi connectivity index (χ2v) is 4.63. The van der Waals surface area contributed by atoms with Crippen LogP contribution >= 0.6 is 0 Å². The number of benzene rings is 1. The van der Waals surface area contributed by atoms with Crippen LogP contribution in [0.25, 0.3) is 6.08 Å². The number of Topliss-reactive ketones (excluding diaryl/α,β-unsaturated/α-hetero) is 1. The highest BCUT2D eigenvalue weighted by atomic mass is 16.4. The summed E-state index contributed by atoms with van der Waals surface area (Å²) in [4.78, 5) is 35.5. The van der Waals surface area contributed by atoms with Gasteiger partial charge in [-0.15, -0.1) is 0 Å². The maximum absolute atomic E-state index is 11.8. The van der Waals surface area contributed by atoms with E-state index in [4.69, 9.17) is 5.11 Å². The van der Waals surface area contributed by atoms with E-state index in [9.17, 15) is 14.4 Å². The van der Waals surface area contributed by atoms with E-state index in [1.165, 1.54) is 4.90 Å². The number of aliphatic carboxylic acids is 1. The second kappa shape index (κ2) is 6.14. The summed E-state index contributed by atoms with van der Waals surface area (Å²) in [5, 5.41) is 8.57. The molecule has 20 heavy (non-hydrogen) atoms. The van der Waals surface area contributed by atoms with E-state index in [1.54, 1.807) is 6.08 Å². The zero-order chi connectivity index (χ0) is 14.5. The van der Waals surface area contributed by atoms with Crippen LogP contribution in [0.4, 0.5) is 0 Å². The Balaban J connectivity index is 2.03. The lowest BCUT2D eigenvalue weighted by atomic mass is 10.1. The fraction of sp³-hybridized carbons (Fsp3) is 0.267. The summed E-state index contributed by atoms with van der Waals surface area (Å²) < 4.78 is 0. The van der Waals surface area contributed by atoms with Gasteiger partial charge in [-0.05, 0) is 18.1 Å². The first-order valence-corrected chi connectivity index (χ1v) is 6.39. The Labute approximate surface area is 116 Å². The molecule has 104 valence electrons. The summed E-state index contributed by atoms with van der Waals surface area (Å²) in [6, 6.07) is 9.31. The molecule has 0 aromatic heterocycles. The van der Waals surface area contributed by atoms with Crippen LogP contribution in [0.3, 0.4) is 0 Å². The van der Waals surface area contributed by atoms with Crippen molar-refractivity contribution in [1.29, 1.82) is 0 Å². The van der Waals surface area contributed by atoms with Gasteiger partial charge in [0.2, 0.25) is 5.78 Å². The van der Waals surface area contributed by atoms with Gasteiger partial charge in [0.25, 0.3) is 5.91 Å². The van der Waals surface area contributed by atoms with E-state index in [-0.39, 0.29) is 13.0 Å². The summed E-state index contributed by atoms with van der Waals surface area (Å²) in [7, 11) is 0. The van der Waals surface area contributed by atoms with Crippen LogP contribution in [0.5, 0.6) is 0 Å². The largest absolute Gasteiger partial charge is 0.481 e. The average molecular weight is 273 g/mol. The lowest BCUT2D eigenvalue weighted by molar-refractivity contribution is -0.140. The Morgan fingerprint density at radius 1 is 1.25 bits per heavy atom. The fourth-order valence-corrected chi connectivity index (χ4v) is 2.09. The van der Waals surface area contributed by atoms with Crippen molar-refractivity contribution in [3.8, 4) is 0 Å². The van der Waals surface area contributed by atoms with Crippen LogP contribution in [-0.4, -0.2) is 40.8 Å². The van der Waals surface area contributed by atoms with E-state index in [2.05, 4.69) is 0 Å². The predicted octanol–water partition coefficient (Wildman–Crippen LogP) is 1.35. The van der Waals surface area contributed by atoms with Gasteiger partial charge >= 0.3 is 5.97 Å². The normalized spacial score (nSPS) is 17.0. The van der Waals surface area contributed by atoms with Crippen molar-refractivity contribution in [2.45, 2.75) is 12.8 Å². The van der Waals surface area contributed by atoms with Crippen molar-refractivity contribution in [2.24, 2.45) is 0 Å². The van der Waals surface area contributed by atoms with Gasteiger partial charge in [0.05, 0.1) is 6.54 Å². The molecule has 1 heterocycles. The maximum Gasteiger partial charge on any atom is 0.303 e. The Kier molecular flexibility index (Phi) is 4.30. The van der Waals surface area contributed by atoms with Gasteiger partial charge in [-0.1, -0.05) is 30.3 Å². The van der Waals surface area contributed by atoms with Gasteiger partial charge in [0, 0.05) is 18.5 Å². The molecule has 1 fully saturated rings. The molecule has 1 aliphatic rings. The van der Waals surface area contributed by atoms with Gasteiger partial charge in [-0.3, -0.25) is 14.4 Å². The molecule has 1 aromatic rings. The summed E-state index contributed by atoms with van der Waals surface area (Å²) in [5.41, 5.74) is 1.33. The van der Waals surface area contributed by atoms with Gasteiger partial charge in [0.15, 0.2) is 0 Å². The van der Waals surface area contributed by atoms with Crippen LogP contribution in [0, 0.1) is 0 Å². The number of carboxylic acids is 1. The third kappa shape index (κ3) is 3.32. The van der Waals surface area contributed by atoms with E-state index in [1.807, 2.05) is 30.3 Å². The van der Waals surface area contributed by atoms with E-state index in [0.717, 1.165) is 5.56 Å². The Morgan fingerprint density at radius 3 is 2.60 bits per heavy atom. The number of amides is 1. The number of hydrogen-bond donors (Lipinski definition) is 1. The number of carboxylic acid groups (broad SMARTS) is 1. The second-order valence-electron chi connectivity index (χ2n) is 4.63. The minimum absolute atomic E-state index is 0.00426. The monoisotopic (exact) mass is 273 g/mol. The average Bonchev–Trinajstić information content (AvgIpc) is 2.68. The van der Waals surface area contributed by atoms with Crippen molar-refractivity contribution in [3.05, 3.63) is 41.5 Å². The minimum atomic E-state index is -0.900. The Bertz CT molecular complexity index is 562. The third-order valence-electron chi connectivity index (χ3n) is 3.09. The number of carbonyl (C=O) groups excluding carboxylic acids is 2. The lowest BCUT2D eigenvalue weighted by Gasteiger charge is -2.12. The molecule has 5 heteroatoms. The maximum atomic E-state index is 11.8. The van der Waals surface area contributed by atoms with Crippen molar-refractivity contribution in [1.82, 2.24) is 4.90 Å². The molecule has 0 saturated carbocycles. The molecule has 0 atom stereocenters. The van der Waals surface area contributed by atoms with Crippen molar-refractivity contribution in [2.75, 3.05) is 13.1 Å². The number of carbonyl (C=O) groups is 3. The number of nitrogens with zero attached hydrogens (tertiary/aromatic N) is 1. The minimum Gasteiger partial charge on any atom is -0.481 e. The molecule has 0 aliphatic carbocycles. The van der Waals surface area contributed by atoms with Crippen molar-refractivity contribution in [3.63, 3.8) is 0 Å². The van der Waals surface area contributed by atoms with Crippen molar-refractivity contribution < 1.29 is 19.5 Å². The first kappa shape index (κ1) is 14.0. The quantitative estimate of drug-likeness (QED) is 0.649. The Hall–Kier alpha value is -2.43. The van der Waals surface area contributed by atoms with Crippen LogP contribution in [0.1, 0.15) is 18.4 Å². The zero-order valence-corrected chi connectivity index (χ0v) is 10.9. The van der Waals surface area contributed by atoms with E-state index in [0.29, 0.717) is 18.5 Å². The van der Waals surface area contributed by atoms with Crippen LogP contribution in [0.2, 0.25) is 0 Å². The molecule has 0 spiro atoms. The summed E-state index contributed by atoms with van der Waals surface area (Å²) in [5.74, 6) is -1.94. The van der Waals surface area contributed by atoms with Crippen LogP contribution < -0.4 is 0 Å². The molecule has 2 rings (SSSR count). The molecule has 0 radical (unpaired) electrons. The molecule has 0 bridgehead atoms.